The maximum atomic E-state index is 12.5. The lowest BCUT2D eigenvalue weighted by Crippen LogP contribution is -2.37. The Morgan fingerprint density at radius 3 is 2.20 bits per heavy atom. The minimum Gasteiger partial charge on any atom is -0.348 e. The van der Waals surface area contributed by atoms with E-state index < -0.39 is 10.0 Å². The number of halogens is 2. The average molecular weight is 428 g/mol. The van der Waals surface area contributed by atoms with E-state index in [1.54, 1.807) is 20.2 Å². The van der Waals surface area contributed by atoms with Gasteiger partial charge in [-0.05, 0) is 40.5 Å². The number of nitrogens with zero attached hydrogens (tertiary/aromatic N) is 2. The van der Waals surface area contributed by atoms with E-state index in [0.717, 1.165) is 9.87 Å². The van der Waals surface area contributed by atoms with Gasteiger partial charge in [0, 0.05) is 30.1 Å². The number of likely N-dealkylation sites (N-methyl/N-ethyl adjacent to an activating group) is 2. The highest BCUT2D eigenvalue weighted by atomic mass is 79.9. The number of carbonyl (C=O) groups is 1. The molecule has 20 heavy (non-hydrogen) atoms. The van der Waals surface area contributed by atoms with Crippen LogP contribution in [-0.2, 0) is 14.8 Å². The van der Waals surface area contributed by atoms with Crippen LogP contribution >= 0.6 is 31.9 Å². The molecular weight excluding hydrogens is 412 g/mol. The molecule has 0 aromatic heterocycles. The lowest BCUT2D eigenvalue weighted by atomic mass is 10.2. The summed E-state index contributed by atoms with van der Waals surface area (Å²) in [6.07, 6.45) is 0. The maximum absolute atomic E-state index is 12.5. The van der Waals surface area contributed by atoms with E-state index in [-0.39, 0.29) is 17.3 Å². The van der Waals surface area contributed by atoms with E-state index in [1.165, 1.54) is 18.0 Å². The van der Waals surface area contributed by atoms with Crippen molar-refractivity contribution in [2.75, 3.05) is 27.7 Å². The van der Waals surface area contributed by atoms with Crippen LogP contribution in [-0.4, -0.2) is 51.2 Å². The van der Waals surface area contributed by atoms with Gasteiger partial charge in [0.05, 0.1) is 11.4 Å². The zero-order chi connectivity index (χ0) is 15.7. The van der Waals surface area contributed by atoms with Crippen molar-refractivity contribution in [1.82, 2.24) is 9.21 Å². The number of hydrogen-bond acceptors (Lipinski definition) is 3. The summed E-state index contributed by atoms with van der Waals surface area (Å²) in [6.45, 7) is 1.66. The van der Waals surface area contributed by atoms with Gasteiger partial charge >= 0.3 is 0 Å². The van der Waals surface area contributed by atoms with Crippen molar-refractivity contribution in [3.05, 3.63) is 26.6 Å². The van der Waals surface area contributed by atoms with E-state index in [2.05, 4.69) is 31.9 Å². The predicted octanol–water partition coefficient (Wildman–Crippen LogP) is 2.23. The molecular formula is C12H16Br2N2O3S. The molecule has 0 aliphatic heterocycles. The van der Waals surface area contributed by atoms with Crippen molar-refractivity contribution >= 4 is 47.8 Å². The number of rotatable bonds is 4. The monoisotopic (exact) mass is 426 g/mol. The molecule has 0 radical (unpaired) electrons. The molecule has 0 spiro atoms. The maximum Gasteiger partial charge on any atom is 0.244 e. The van der Waals surface area contributed by atoms with Crippen LogP contribution in [0.1, 0.15) is 5.56 Å². The highest BCUT2D eigenvalue weighted by Crippen LogP contribution is 2.30. The van der Waals surface area contributed by atoms with Crippen LogP contribution in [0.25, 0.3) is 0 Å². The second-order valence-electron chi connectivity index (χ2n) is 4.58. The first-order valence-electron chi connectivity index (χ1n) is 5.69. The van der Waals surface area contributed by atoms with Crippen molar-refractivity contribution in [3.8, 4) is 0 Å². The Kier molecular flexibility index (Phi) is 5.77. The van der Waals surface area contributed by atoms with Gasteiger partial charge in [-0.3, -0.25) is 4.79 Å². The fourth-order valence-corrected chi connectivity index (χ4v) is 4.17. The van der Waals surface area contributed by atoms with Crippen molar-refractivity contribution in [3.63, 3.8) is 0 Å². The number of hydrogen-bond donors (Lipinski definition) is 0. The largest absolute Gasteiger partial charge is 0.348 e. The average Bonchev–Trinajstić information content (AvgIpc) is 2.33. The van der Waals surface area contributed by atoms with Gasteiger partial charge in [0.1, 0.15) is 0 Å². The molecule has 1 aromatic rings. The Bertz CT molecular complexity index is 630. The Morgan fingerprint density at radius 2 is 1.70 bits per heavy atom. The van der Waals surface area contributed by atoms with Gasteiger partial charge in [-0.2, -0.15) is 4.31 Å². The highest BCUT2D eigenvalue weighted by Gasteiger charge is 2.26. The second-order valence-corrected chi connectivity index (χ2v) is 8.30. The minimum atomic E-state index is -3.73. The molecule has 0 aliphatic rings. The molecule has 1 amide bonds. The van der Waals surface area contributed by atoms with Crippen LogP contribution in [0.2, 0.25) is 0 Å². The molecule has 1 aromatic carbocycles. The zero-order valence-corrected chi connectivity index (χ0v) is 15.6. The molecule has 0 atom stereocenters. The quantitative estimate of drug-likeness (QED) is 0.740. The molecule has 0 aliphatic carbocycles. The molecule has 1 rings (SSSR count). The Hall–Kier alpha value is -0.440. The Morgan fingerprint density at radius 1 is 1.15 bits per heavy atom. The minimum absolute atomic E-state index is 0.129. The molecule has 0 bridgehead atoms. The molecule has 0 fully saturated rings. The standard InChI is InChI=1S/C12H16Br2N2O3S/c1-8-5-10(14)11(6-9(8)13)20(18,19)16(4)7-12(17)15(2)3/h5-6H,7H2,1-4H3. The van der Waals surface area contributed by atoms with Crippen LogP contribution in [0, 0.1) is 6.92 Å². The first-order chi connectivity index (χ1) is 9.07. The summed E-state index contributed by atoms with van der Waals surface area (Å²) >= 11 is 6.58. The van der Waals surface area contributed by atoms with Crippen LogP contribution < -0.4 is 0 Å². The SMILES string of the molecule is Cc1cc(Br)c(S(=O)(=O)N(C)CC(=O)N(C)C)cc1Br. The van der Waals surface area contributed by atoms with Gasteiger partial charge < -0.3 is 4.90 Å². The fourth-order valence-electron chi connectivity index (χ4n) is 1.41. The number of carbonyl (C=O) groups excluding carboxylic acids is 1. The molecule has 0 unspecified atom stereocenters. The van der Waals surface area contributed by atoms with E-state index in [4.69, 9.17) is 0 Å². The summed E-state index contributed by atoms with van der Waals surface area (Å²) in [5, 5.41) is 0. The van der Waals surface area contributed by atoms with Crippen molar-refractivity contribution in [2.45, 2.75) is 11.8 Å². The normalized spacial score (nSPS) is 11.8. The third-order valence-corrected chi connectivity index (χ3v) is 6.37. The number of aryl methyl sites for hydroxylation is 1. The van der Waals surface area contributed by atoms with Crippen LogP contribution in [0.4, 0.5) is 0 Å². The van der Waals surface area contributed by atoms with E-state index >= 15 is 0 Å². The van der Waals surface area contributed by atoms with E-state index in [0.29, 0.717) is 8.95 Å². The first kappa shape index (κ1) is 17.6. The smallest absolute Gasteiger partial charge is 0.244 e. The van der Waals surface area contributed by atoms with Crippen LogP contribution in [0.3, 0.4) is 0 Å². The topological polar surface area (TPSA) is 57.7 Å². The van der Waals surface area contributed by atoms with Crippen LogP contribution in [0.5, 0.6) is 0 Å². The molecule has 0 N–H and O–H groups in total. The first-order valence-corrected chi connectivity index (χ1v) is 8.72. The van der Waals surface area contributed by atoms with E-state index in [1.807, 2.05) is 6.92 Å². The molecule has 0 saturated heterocycles. The summed E-state index contributed by atoms with van der Waals surface area (Å²) in [7, 11) is 0.826. The summed E-state index contributed by atoms with van der Waals surface area (Å²) in [5.41, 5.74) is 0.919. The second kappa shape index (κ2) is 6.55. The molecule has 5 nitrogen and oxygen atoms in total. The van der Waals surface area contributed by atoms with E-state index in [9.17, 15) is 13.2 Å². The number of benzene rings is 1. The molecule has 0 saturated carbocycles. The summed E-state index contributed by atoms with van der Waals surface area (Å²) in [5.74, 6) is -0.279. The molecule has 8 heteroatoms. The number of sulfonamides is 1. The lowest BCUT2D eigenvalue weighted by Gasteiger charge is -2.20. The number of amides is 1. The van der Waals surface area contributed by atoms with Gasteiger partial charge in [0.15, 0.2) is 0 Å². The zero-order valence-electron chi connectivity index (χ0n) is 11.6. The fraction of sp³-hybridized carbons (Fsp3) is 0.417. The predicted molar refractivity (Wildman–Crippen MR) is 85.1 cm³/mol. The summed E-state index contributed by atoms with van der Waals surface area (Å²) < 4.78 is 27.2. The van der Waals surface area contributed by atoms with Gasteiger partial charge in [-0.15, -0.1) is 0 Å². The molecule has 112 valence electrons. The van der Waals surface area contributed by atoms with Crippen LogP contribution in [0.15, 0.2) is 26.0 Å². The van der Waals surface area contributed by atoms with Crippen molar-refractivity contribution < 1.29 is 13.2 Å². The van der Waals surface area contributed by atoms with Crippen molar-refractivity contribution in [2.24, 2.45) is 0 Å². The third kappa shape index (κ3) is 3.81. The van der Waals surface area contributed by atoms with Crippen molar-refractivity contribution in [1.29, 1.82) is 0 Å². The van der Waals surface area contributed by atoms with Gasteiger partial charge in [0.2, 0.25) is 15.9 Å². The molecule has 0 heterocycles. The third-order valence-electron chi connectivity index (χ3n) is 2.76. The van der Waals surface area contributed by atoms with Gasteiger partial charge in [0.25, 0.3) is 0 Å². The Balaban J connectivity index is 3.17. The van der Waals surface area contributed by atoms with Gasteiger partial charge in [-0.1, -0.05) is 15.9 Å². The summed E-state index contributed by atoms with van der Waals surface area (Å²) in [4.78, 5) is 13.1. The van der Waals surface area contributed by atoms with Gasteiger partial charge in [-0.25, -0.2) is 8.42 Å². The summed E-state index contributed by atoms with van der Waals surface area (Å²) in [6, 6.07) is 3.25. The Labute approximate surface area is 136 Å². The lowest BCUT2D eigenvalue weighted by molar-refractivity contribution is -0.128. The highest BCUT2D eigenvalue weighted by molar-refractivity contribution is 9.11.